The van der Waals surface area contributed by atoms with Crippen LogP contribution in [-0.2, 0) is 0 Å². The molecule has 0 bridgehead atoms. The molecule has 33 heavy (non-hydrogen) atoms. The largest absolute Gasteiger partial charge is 1.00 e. The summed E-state index contributed by atoms with van der Waals surface area (Å²) in [7, 11) is -3.53. The predicted octanol–water partition coefficient (Wildman–Crippen LogP) is -6.97. The number of nitrogen functional groups attached to an aromatic ring is 1. The quantitative estimate of drug-likeness (QED) is 0.108. The molecule has 168 valence electrons. The number of hydrogen-bond donors (Lipinski definition) is 9. The number of carboxylic acid groups (broad SMARTS) is 2. The number of amides is 2. The van der Waals surface area contributed by atoms with Gasteiger partial charge in [-0.1, -0.05) is 0 Å². The van der Waals surface area contributed by atoms with E-state index >= 15 is 0 Å². The van der Waals surface area contributed by atoms with Crippen LogP contribution in [0.15, 0.2) is 36.4 Å². The number of nitrogens with two attached hydrogens (primary N) is 2. The first-order chi connectivity index (χ1) is 14.8. The Balaban J connectivity index is 0. The van der Waals surface area contributed by atoms with E-state index in [2.05, 4.69) is 5.32 Å². The zero-order chi connectivity index (χ0) is 25.0. The van der Waals surface area contributed by atoms with E-state index in [1.165, 1.54) is 18.2 Å². The first-order valence-electron chi connectivity index (χ1n) is 8.14. The molecule has 0 unspecified atom stereocenters. The molecule has 14 nitrogen and oxygen atoms in total. The third kappa shape index (κ3) is 12.8. The van der Waals surface area contributed by atoms with Gasteiger partial charge >= 0.3 is 83.6 Å². The molecule has 0 aromatic heterocycles. The van der Waals surface area contributed by atoms with Crippen LogP contribution in [0.1, 0.15) is 20.7 Å². The van der Waals surface area contributed by atoms with Crippen LogP contribution in [0, 0.1) is 11.5 Å². The van der Waals surface area contributed by atoms with E-state index < -0.39 is 32.2 Å². The fraction of sp³-hybridized carbons (Fsp3) is 0. The molecule has 0 aliphatic heterocycles. The molecular weight excluding hydrogens is 469 g/mol. The molecule has 0 heterocycles. The second-order valence-electron chi connectivity index (χ2n) is 5.67. The monoisotopic (exact) mass is 486 g/mol. The van der Waals surface area contributed by atoms with Crippen LogP contribution in [0.5, 0.6) is 0 Å². The maximum absolute atomic E-state index is 10.7. The number of carbonyl (C=O) groups is 3. The number of rotatable bonds is 5. The summed E-state index contributed by atoms with van der Waals surface area (Å²) in [5.74, 6) is -2.41. The topological polar surface area (TPSA) is 284 Å². The van der Waals surface area contributed by atoms with E-state index in [1.807, 2.05) is 0 Å². The molecular formula is C16H17B2KN4O10. The summed E-state index contributed by atoms with van der Waals surface area (Å²) in [5, 5.41) is 69.8. The van der Waals surface area contributed by atoms with Gasteiger partial charge in [0.25, 0.3) is 0 Å². The van der Waals surface area contributed by atoms with Crippen molar-refractivity contribution in [2.75, 3.05) is 11.1 Å². The summed E-state index contributed by atoms with van der Waals surface area (Å²) in [5.41, 5.74) is 10.2. The summed E-state index contributed by atoms with van der Waals surface area (Å²) < 4.78 is 0. The third-order valence-corrected chi connectivity index (χ3v) is 3.29. The van der Waals surface area contributed by atoms with Crippen molar-refractivity contribution < 1.29 is 101 Å². The number of anilines is 2. The van der Waals surface area contributed by atoms with Crippen molar-refractivity contribution in [1.82, 2.24) is 0 Å². The molecule has 0 fully saturated rings. The number of benzene rings is 2. The van der Waals surface area contributed by atoms with E-state index in [4.69, 9.17) is 52.1 Å². The van der Waals surface area contributed by atoms with Crippen LogP contribution in [0.4, 0.5) is 16.2 Å². The smallest absolute Gasteiger partial charge is 0.812 e. The number of urea groups is 1. The Labute approximate surface area is 229 Å². The standard InChI is InChI=1S/C8H9BN2O5.C7H8BNO4.CHNO.K/c10-8(14)11-6-2-4(7(12)13)1-5(3-6)9(15)16;9-6-2-4(7(10)11)1-5(3-6)8(12)13;2-1-3;/h1-3,15-16H,(H,12,13)(H3,10,11,14);1-3,12-13H,9H2,(H,10,11);3H;/q;;;+1/p-1. The molecule has 2 rings (SSSR count). The van der Waals surface area contributed by atoms with Crippen molar-refractivity contribution in [2.24, 2.45) is 5.73 Å². The Morgan fingerprint density at radius 2 is 1.27 bits per heavy atom. The van der Waals surface area contributed by atoms with Gasteiger partial charge in [-0.15, -0.1) is 0 Å². The predicted molar refractivity (Wildman–Crippen MR) is 110 cm³/mol. The van der Waals surface area contributed by atoms with Crippen molar-refractivity contribution in [2.45, 2.75) is 0 Å². The number of nitrogens with one attached hydrogen (secondary N) is 1. The van der Waals surface area contributed by atoms with E-state index in [0.29, 0.717) is 6.26 Å². The second kappa shape index (κ2) is 16.0. The van der Waals surface area contributed by atoms with E-state index in [-0.39, 0.29) is 84.8 Å². The summed E-state index contributed by atoms with van der Waals surface area (Å²) in [4.78, 5) is 31.8. The molecule has 0 aliphatic carbocycles. The van der Waals surface area contributed by atoms with Crippen LogP contribution in [0.2, 0.25) is 0 Å². The van der Waals surface area contributed by atoms with Crippen LogP contribution >= 0.6 is 0 Å². The van der Waals surface area contributed by atoms with Gasteiger partial charge in [-0.05, 0) is 47.3 Å². The Morgan fingerprint density at radius 1 is 0.879 bits per heavy atom. The average molecular weight is 486 g/mol. The van der Waals surface area contributed by atoms with E-state index in [1.54, 1.807) is 0 Å². The molecule has 0 aliphatic rings. The molecule has 0 atom stereocenters. The fourth-order valence-corrected chi connectivity index (χ4v) is 2.09. The van der Waals surface area contributed by atoms with Gasteiger partial charge in [0.1, 0.15) is 0 Å². The summed E-state index contributed by atoms with van der Waals surface area (Å²) in [6, 6.07) is 6.27. The van der Waals surface area contributed by atoms with Crippen LogP contribution in [0.3, 0.4) is 0 Å². The number of aromatic carboxylic acids is 2. The van der Waals surface area contributed by atoms with Gasteiger partial charge in [0.15, 0.2) is 0 Å². The van der Waals surface area contributed by atoms with Crippen LogP contribution < -0.4 is 84.2 Å². The normalized spacial score (nSPS) is 8.70. The number of carbonyl (C=O) groups excluding carboxylic acids is 1. The Hall–Kier alpha value is -2.65. The molecule has 0 saturated carbocycles. The third-order valence-electron chi connectivity index (χ3n) is 3.29. The van der Waals surface area contributed by atoms with Crippen molar-refractivity contribution >= 4 is 54.5 Å². The SMILES string of the molecule is N#C[O-].NC(=O)Nc1cc(B(O)O)cc(C(=O)O)c1.Nc1cc(B(O)O)cc(C(=O)O)c1.[K+]. The minimum Gasteiger partial charge on any atom is -0.812 e. The number of carboxylic acids is 2. The fourth-order valence-electron chi connectivity index (χ4n) is 2.09. The molecule has 2 aromatic rings. The number of primary amides is 1. The second-order valence-corrected chi connectivity index (χ2v) is 5.67. The first kappa shape index (κ1) is 32.5. The number of nitriles is 1. The van der Waals surface area contributed by atoms with Gasteiger partial charge in [0.2, 0.25) is 0 Å². The minimum absolute atomic E-state index is 0. The van der Waals surface area contributed by atoms with Crippen molar-refractivity contribution in [1.29, 1.82) is 5.26 Å². The molecule has 0 spiro atoms. The van der Waals surface area contributed by atoms with Gasteiger partial charge in [0, 0.05) is 17.6 Å². The van der Waals surface area contributed by atoms with Gasteiger partial charge in [-0.25, -0.2) is 19.6 Å². The molecule has 0 saturated heterocycles. The summed E-state index contributed by atoms with van der Waals surface area (Å²) in [6.07, 6.45) is 0.500. The van der Waals surface area contributed by atoms with Crippen LogP contribution in [-0.4, -0.2) is 62.5 Å². The van der Waals surface area contributed by atoms with Crippen molar-refractivity contribution in [3.63, 3.8) is 0 Å². The average Bonchev–Trinajstić information content (AvgIpc) is 2.67. The summed E-state index contributed by atoms with van der Waals surface area (Å²) >= 11 is 0. The van der Waals surface area contributed by atoms with Gasteiger partial charge in [-0.2, -0.15) is 0 Å². The van der Waals surface area contributed by atoms with Gasteiger partial charge in [0.05, 0.1) is 11.1 Å². The molecule has 2 amide bonds. The van der Waals surface area contributed by atoms with Gasteiger partial charge < -0.3 is 52.2 Å². The van der Waals surface area contributed by atoms with Crippen molar-refractivity contribution in [3.8, 4) is 6.26 Å². The molecule has 11 N–H and O–H groups in total. The zero-order valence-electron chi connectivity index (χ0n) is 17.0. The molecule has 17 heteroatoms. The van der Waals surface area contributed by atoms with E-state index in [0.717, 1.165) is 18.2 Å². The Morgan fingerprint density at radius 3 is 1.64 bits per heavy atom. The minimum atomic E-state index is -1.83. The Bertz CT molecular complexity index is 1020. The number of hydrogen-bond acceptors (Lipinski definition) is 10. The molecule has 2 aromatic carbocycles. The first-order valence-corrected chi connectivity index (χ1v) is 8.14. The van der Waals surface area contributed by atoms with E-state index in [9.17, 15) is 14.4 Å². The van der Waals surface area contributed by atoms with Crippen molar-refractivity contribution in [3.05, 3.63) is 47.5 Å². The maximum Gasteiger partial charge on any atom is 1.00 e. The molecule has 0 radical (unpaired) electrons. The van der Waals surface area contributed by atoms with Gasteiger partial charge in [-0.3, -0.25) is 0 Å². The number of nitrogens with zero attached hydrogens (tertiary/aromatic N) is 1. The maximum atomic E-state index is 10.7. The zero-order valence-corrected chi connectivity index (χ0v) is 20.2. The Kier molecular flexibility index (Phi) is 15.8. The summed E-state index contributed by atoms with van der Waals surface area (Å²) in [6.45, 7) is 0. The van der Waals surface area contributed by atoms with Crippen LogP contribution in [0.25, 0.3) is 0 Å².